The third-order valence-corrected chi connectivity index (χ3v) is 4.02. The van der Waals surface area contributed by atoms with Crippen LogP contribution in [-0.4, -0.2) is 18.0 Å². The van der Waals surface area contributed by atoms with E-state index in [0.717, 1.165) is 0 Å². The predicted octanol–water partition coefficient (Wildman–Crippen LogP) is 4.36. The smallest absolute Gasteiger partial charge is 0.0319 e. The Hall–Kier alpha value is -0.820. The molecule has 1 aromatic carbocycles. The van der Waals surface area contributed by atoms with Gasteiger partial charge >= 0.3 is 0 Å². The Labute approximate surface area is 106 Å². The molecule has 1 atom stereocenters. The molecule has 1 aliphatic rings. The molecule has 1 heterocycles. The summed E-state index contributed by atoms with van der Waals surface area (Å²) in [4.78, 5) is 2.62. The van der Waals surface area contributed by atoms with Gasteiger partial charge in [0.2, 0.25) is 0 Å². The lowest BCUT2D eigenvalue weighted by atomic mass is 9.98. The summed E-state index contributed by atoms with van der Waals surface area (Å²) in [7, 11) is 0. The van der Waals surface area contributed by atoms with Gasteiger partial charge in [0.15, 0.2) is 0 Å². The van der Waals surface area contributed by atoms with Crippen LogP contribution < -0.4 is 0 Å². The van der Waals surface area contributed by atoms with Crippen molar-refractivity contribution >= 4 is 0 Å². The fourth-order valence-corrected chi connectivity index (χ4v) is 2.68. The van der Waals surface area contributed by atoms with E-state index in [1.807, 2.05) is 0 Å². The first kappa shape index (κ1) is 12.6. The summed E-state index contributed by atoms with van der Waals surface area (Å²) < 4.78 is 0. The largest absolute Gasteiger partial charge is 0.297 e. The summed E-state index contributed by atoms with van der Waals surface area (Å²) in [6.45, 7) is 9.39. The fourth-order valence-electron chi connectivity index (χ4n) is 2.68. The number of benzene rings is 1. The molecule has 0 saturated carbocycles. The molecule has 17 heavy (non-hydrogen) atoms. The van der Waals surface area contributed by atoms with E-state index in [0.29, 0.717) is 12.0 Å². The number of piperidine rings is 1. The van der Waals surface area contributed by atoms with Gasteiger partial charge in [-0.05, 0) is 49.9 Å². The normalized spacial score (nSPS) is 19.5. The topological polar surface area (TPSA) is 3.24 Å². The van der Waals surface area contributed by atoms with Gasteiger partial charge in [0.05, 0.1) is 0 Å². The third kappa shape index (κ3) is 3.10. The molecule has 1 heteroatoms. The number of hydrogen-bond acceptors (Lipinski definition) is 1. The molecule has 1 aliphatic heterocycles. The van der Waals surface area contributed by atoms with E-state index in [1.165, 1.54) is 43.5 Å². The van der Waals surface area contributed by atoms with Crippen molar-refractivity contribution in [1.82, 2.24) is 4.90 Å². The Balaban J connectivity index is 2.05. The van der Waals surface area contributed by atoms with E-state index >= 15 is 0 Å². The molecule has 0 radical (unpaired) electrons. The minimum absolute atomic E-state index is 0.580. The van der Waals surface area contributed by atoms with Crippen molar-refractivity contribution in [1.29, 1.82) is 0 Å². The van der Waals surface area contributed by atoms with Crippen LogP contribution in [0.1, 0.15) is 63.1 Å². The van der Waals surface area contributed by atoms with Crippen molar-refractivity contribution in [3.8, 4) is 0 Å². The number of rotatable bonds is 3. The molecule has 0 N–H and O–H groups in total. The highest BCUT2D eigenvalue weighted by Crippen LogP contribution is 2.25. The molecule has 1 unspecified atom stereocenters. The summed E-state index contributed by atoms with van der Waals surface area (Å²) >= 11 is 0. The highest BCUT2D eigenvalue weighted by atomic mass is 15.2. The van der Waals surface area contributed by atoms with Gasteiger partial charge in [-0.2, -0.15) is 0 Å². The zero-order chi connectivity index (χ0) is 12.3. The average molecular weight is 231 g/mol. The quantitative estimate of drug-likeness (QED) is 0.747. The maximum atomic E-state index is 2.62. The lowest BCUT2D eigenvalue weighted by Crippen LogP contribution is -2.32. The maximum Gasteiger partial charge on any atom is 0.0319 e. The predicted molar refractivity (Wildman–Crippen MR) is 74.4 cm³/mol. The Morgan fingerprint density at radius 1 is 0.824 bits per heavy atom. The number of nitrogens with zero attached hydrogens (tertiary/aromatic N) is 1. The number of likely N-dealkylation sites (tertiary alicyclic amines) is 1. The second kappa shape index (κ2) is 5.68. The van der Waals surface area contributed by atoms with Crippen molar-refractivity contribution < 1.29 is 0 Å². The van der Waals surface area contributed by atoms with Crippen LogP contribution in [0.2, 0.25) is 0 Å². The van der Waals surface area contributed by atoms with Crippen LogP contribution in [0, 0.1) is 0 Å². The van der Waals surface area contributed by atoms with Crippen LogP contribution in [0.5, 0.6) is 0 Å². The minimum Gasteiger partial charge on any atom is -0.297 e. The minimum atomic E-state index is 0.580. The molecule has 94 valence electrons. The van der Waals surface area contributed by atoms with Crippen molar-refractivity contribution in [2.75, 3.05) is 13.1 Å². The Morgan fingerprint density at radius 2 is 1.35 bits per heavy atom. The molecule has 0 aromatic heterocycles. The number of hydrogen-bond donors (Lipinski definition) is 0. The lowest BCUT2D eigenvalue weighted by Gasteiger charge is -2.32. The Bertz CT molecular complexity index is 333. The molecule has 2 rings (SSSR count). The zero-order valence-corrected chi connectivity index (χ0v) is 11.4. The van der Waals surface area contributed by atoms with E-state index in [1.54, 1.807) is 0 Å². The van der Waals surface area contributed by atoms with Gasteiger partial charge in [0, 0.05) is 6.04 Å². The zero-order valence-electron chi connectivity index (χ0n) is 11.4. The van der Waals surface area contributed by atoms with Crippen molar-refractivity contribution in [2.45, 2.75) is 52.0 Å². The van der Waals surface area contributed by atoms with E-state index in [4.69, 9.17) is 0 Å². The van der Waals surface area contributed by atoms with E-state index in [-0.39, 0.29) is 0 Å². The molecule has 0 bridgehead atoms. The molecule has 0 amide bonds. The second-order valence-electron chi connectivity index (χ2n) is 5.59. The summed E-state index contributed by atoms with van der Waals surface area (Å²) in [5.74, 6) is 0.634. The van der Waals surface area contributed by atoms with Gasteiger partial charge in [-0.1, -0.05) is 44.5 Å². The Kier molecular flexibility index (Phi) is 4.22. The van der Waals surface area contributed by atoms with Gasteiger partial charge in [0.25, 0.3) is 0 Å². The fraction of sp³-hybridized carbons (Fsp3) is 0.625. The molecule has 0 spiro atoms. The molecule has 1 aromatic rings. The van der Waals surface area contributed by atoms with Crippen molar-refractivity contribution in [3.05, 3.63) is 35.4 Å². The average Bonchev–Trinajstić information content (AvgIpc) is 2.39. The van der Waals surface area contributed by atoms with Gasteiger partial charge in [-0.15, -0.1) is 0 Å². The highest BCUT2D eigenvalue weighted by Gasteiger charge is 2.17. The van der Waals surface area contributed by atoms with E-state index in [2.05, 4.69) is 49.9 Å². The molecular weight excluding hydrogens is 206 g/mol. The Morgan fingerprint density at radius 3 is 1.88 bits per heavy atom. The van der Waals surface area contributed by atoms with Gasteiger partial charge in [-0.3, -0.25) is 4.90 Å². The standard InChI is InChI=1S/C16H25N/c1-13(2)15-7-9-16(10-8-15)14(3)17-11-5-4-6-12-17/h7-10,13-14H,4-6,11-12H2,1-3H3. The van der Waals surface area contributed by atoms with Crippen molar-refractivity contribution in [3.63, 3.8) is 0 Å². The molecular formula is C16H25N. The van der Waals surface area contributed by atoms with Gasteiger partial charge in [-0.25, -0.2) is 0 Å². The van der Waals surface area contributed by atoms with Crippen LogP contribution >= 0.6 is 0 Å². The maximum absolute atomic E-state index is 2.62. The van der Waals surface area contributed by atoms with E-state index in [9.17, 15) is 0 Å². The highest BCUT2D eigenvalue weighted by molar-refractivity contribution is 5.26. The lowest BCUT2D eigenvalue weighted by molar-refractivity contribution is 0.175. The van der Waals surface area contributed by atoms with Crippen LogP contribution in [0.15, 0.2) is 24.3 Å². The monoisotopic (exact) mass is 231 g/mol. The third-order valence-electron chi connectivity index (χ3n) is 4.02. The van der Waals surface area contributed by atoms with Crippen molar-refractivity contribution in [2.24, 2.45) is 0 Å². The molecule has 0 aliphatic carbocycles. The van der Waals surface area contributed by atoms with E-state index < -0.39 is 0 Å². The second-order valence-corrected chi connectivity index (χ2v) is 5.59. The molecule has 1 nitrogen and oxygen atoms in total. The first-order chi connectivity index (χ1) is 8.18. The first-order valence-electron chi connectivity index (χ1n) is 7.02. The summed E-state index contributed by atoms with van der Waals surface area (Å²) in [6.07, 6.45) is 4.15. The first-order valence-corrected chi connectivity index (χ1v) is 7.02. The summed E-state index contributed by atoms with van der Waals surface area (Å²) in [5, 5.41) is 0. The summed E-state index contributed by atoms with van der Waals surface area (Å²) in [5.41, 5.74) is 2.91. The molecule has 1 saturated heterocycles. The molecule has 1 fully saturated rings. The summed E-state index contributed by atoms with van der Waals surface area (Å²) in [6, 6.07) is 9.79. The SMILES string of the molecule is CC(C)c1ccc(C(C)N2CCCCC2)cc1. The van der Waals surface area contributed by atoms with Crippen LogP contribution in [0.25, 0.3) is 0 Å². The van der Waals surface area contributed by atoms with Gasteiger partial charge < -0.3 is 0 Å². The van der Waals surface area contributed by atoms with Crippen LogP contribution in [-0.2, 0) is 0 Å². The van der Waals surface area contributed by atoms with Crippen LogP contribution in [0.4, 0.5) is 0 Å². The van der Waals surface area contributed by atoms with Crippen LogP contribution in [0.3, 0.4) is 0 Å². The van der Waals surface area contributed by atoms with Gasteiger partial charge in [0.1, 0.15) is 0 Å².